The van der Waals surface area contributed by atoms with E-state index in [1.165, 1.54) is 24.3 Å². The smallest absolute Gasteiger partial charge is 0.253 e. The van der Waals surface area contributed by atoms with Crippen molar-refractivity contribution < 1.29 is 27.1 Å². The van der Waals surface area contributed by atoms with Gasteiger partial charge in [0.2, 0.25) is 10.0 Å². The summed E-state index contributed by atoms with van der Waals surface area (Å²) in [6.45, 7) is 0.118. The molecule has 0 unspecified atom stereocenters. The fourth-order valence-corrected chi connectivity index (χ4v) is 3.62. The van der Waals surface area contributed by atoms with Crippen molar-refractivity contribution in [2.24, 2.45) is 5.92 Å². The van der Waals surface area contributed by atoms with Crippen molar-refractivity contribution in [2.75, 3.05) is 26.2 Å². The van der Waals surface area contributed by atoms with Gasteiger partial charge in [-0.1, -0.05) is 0 Å². The summed E-state index contributed by atoms with van der Waals surface area (Å²) in [5.74, 6) is -0.182. The van der Waals surface area contributed by atoms with E-state index in [2.05, 4.69) is 0 Å². The molecule has 1 aliphatic heterocycles. The molecule has 0 aliphatic carbocycles. The third-order valence-electron chi connectivity index (χ3n) is 3.90. The van der Waals surface area contributed by atoms with Crippen LogP contribution in [0.5, 0.6) is 0 Å². The summed E-state index contributed by atoms with van der Waals surface area (Å²) < 4.78 is 49.7. The van der Waals surface area contributed by atoms with E-state index in [-0.39, 0.29) is 23.3 Å². The highest BCUT2D eigenvalue weighted by atomic mass is 32.2. The Kier molecular flexibility index (Phi) is 6.25. The Hall–Kier alpha value is -1.58. The van der Waals surface area contributed by atoms with Crippen LogP contribution in [-0.2, 0) is 10.0 Å². The van der Waals surface area contributed by atoms with Crippen LogP contribution in [0, 0.1) is 5.92 Å². The van der Waals surface area contributed by atoms with Crippen molar-refractivity contribution in [2.45, 2.75) is 24.2 Å². The molecule has 1 atom stereocenters. The Bertz CT molecular complexity index is 665. The molecule has 0 radical (unpaired) electrons. The molecule has 1 fully saturated rings. The lowest BCUT2D eigenvalue weighted by molar-refractivity contribution is 0.0620. The highest BCUT2D eigenvalue weighted by Crippen LogP contribution is 2.19. The van der Waals surface area contributed by atoms with E-state index in [0.29, 0.717) is 18.7 Å². The molecule has 0 saturated carbocycles. The number of aliphatic hydroxyl groups excluding tert-OH is 1. The van der Waals surface area contributed by atoms with Crippen molar-refractivity contribution >= 4 is 15.9 Å². The second-order valence-electron chi connectivity index (χ2n) is 5.71. The van der Waals surface area contributed by atoms with Crippen molar-refractivity contribution in [3.8, 4) is 0 Å². The van der Waals surface area contributed by atoms with Gasteiger partial charge in [-0.25, -0.2) is 21.9 Å². The van der Waals surface area contributed by atoms with E-state index >= 15 is 0 Å². The van der Waals surface area contributed by atoms with Crippen molar-refractivity contribution in [1.29, 1.82) is 0 Å². The molecule has 24 heavy (non-hydrogen) atoms. The molecule has 2 N–H and O–H groups in total. The summed E-state index contributed by atoms with van der Waals surface area (Å²) in [5.41, 5.74) is 0.321. The Morgan fingerprint density at radius 1 is 1.33 bits per heavy atom. The highest BCUT2D eigenvalue weighted by Gasteiger charge is 2.24. The van der Waals surface area contributed by atoms with Gasteiger partial charge in [-0.05, 0) is 43.0 Å². The summed E-state index contributed by atoms with van der Waals surface area (Å²) in [4.78, 5) is 13.9. The number of benzene rings is 1. The van der Waals surface area contributed by atoms with Gasteiger partial charge in [0.25, 0.3) is 12.3 Å². The summed E-state index contributed by atoms with van der Waals surface area (Å²) in [5, 5.41) is 9.21. The van der Waals surface area contributed by atoms with E-state index in [0.717, 1.165) is 12.8 Å². The Morgan fingerprint density at radius 2 is 2.00 bits per heavy atom. The van der Waals surface area contributed by atoms with Gasteiger partial charge in [-0.15, -0.1) is 0 Å². The third kappa shape index (κ3) is 4.71. The maximum Gasteiger partial charge on any atom is 0.253 e. The molecule has 134 valence electrons. The Morgan fingerprint density at radius 3 is 2.58 bits per heavy atom. The molecule has 9 heteroatoms. The van der Waals surface area contributed by atoms with Crippen LogP contribution in [0.2, 0.25) is 0 Å². The van der Waals surface area contributed by atoms with Crippen LogP contribution in [0.25, 0.3) is 0 Å². The zero-order chi connectivity index (χ0) is 17.7. The fourth-order valence-electron chi connectivity index (χ4n) is 2.61. The van der Waals surface area contributed by atoms with Gasteiger partial charge in [0.15, 0.2) is 0 Å². The molecule has 1 saturated heterocycles. The minimum atomic E-state index is -4.02. The van der Waals surface area contributed by atoms with Gasteiger partial charge >= 0.3 is 0 Å². The van der Waals surface area contributed by atoms with Gasteiger partial charge in [0.1, 0.15) is 0 Å². The number of amides is 1. The first-order valence-electron chi connectivity index (χ1n) is 7.61. The monoisotopic (exact) mass is 362 g/mol. The van der Waals surface area contributed by atoms with Crippen LogP contribution in [0.1, 0.15) is 23.2 Å². The second-order valence-corrected chi connectivity index (χ2v) is 7.48. The molecular formula is C15H20F2N2O4S. The lowest BCUT2D eigenvalue weighted by Gasteiger charge is -2.31. The zero-order valence-electron chi connectivity index (χ0n) is 13.0. The number of sulfonamides is 1. The van der Waals surface area contributed by atoms with Gasteiger partial charge < -0.3 is 10.0 Å². The summed E-state index contributed by atoms with van der Waals surface area (Å²) in [7, 11) is -4.02. The van der Waals surface area contributed by atoms with Gasteiger partial charge in [-0.3, -0.25) is 4.79 Å². The SMILES string of the molecule is O=C(c1ccc(S(=O)(=O)NCC(F)F)cc1)N1CCC[C@@H](CO)C1. The molecule has 0 spiro atoms. The third-order valence-corrected chi connectivity index (χ3v) is 5.34. The van der Waals surface area contributed by atoms with Crippen LogP contribution < -0.4 is 4.72 Å². The number of piperidine rings is 1. The first-order chi connectivity index (χ1) is 11.3. The van der Waals surface area contributed by atoms with Crippen molar-refractivity contribution in [1.82, 2.24) is 9.62 Å². The van der Waals surface area contributed by atoms with E-state index in [9.17, 15) is 27.1 Å². The van der Waals surface area contributed by atoms with Crippen molar-refractivity contribution in [3.63, 3.8) is 0 Å². The Balaban J connectivity index is 2.07. The molecule has 1 aromatic carbocycles. The normalized spacial score (nSPS) is 18.8. The number of rotatable bonds is 6. The number of carbonyl (C=O) groups excluding carboxylic acids is 1. The van der Waals surface area contributed by atoms with Crippen LogP contribution in [0.15, 0.2) is 29.2 Å². The molecular weight excluding hydrogens is 342 g/mol. The lowest BCUT2D eigenvalue weighted by atomic mass is 9.98. The minimum Gasteiger partial charge on any atom is -0.396 e. The summed E-state index contributed by atoms with van der Waals surface area (Å²) in [6, 6.07) is 5.16. The number of hydrogen-bond donors (Lipinski definition) is 2. The fraction of sp³-hybridized carbons (Fsp3) is 0.533. The maximum atomic E-state index is 12.4. The predicted octanol–water partition coefficient (Wildman–Crippen LogP) is 1.07. The molecule has 1 aromatic rings. The number of aliphatic hydroxyl groups is 1. The molecule has 0 aromatic heterocycles. The number of hydrogen-bond acceptors (Lipinski definition) is 4. The van der Waals surface area contributed by atoms with Crippen LogP contribution in [0.3, 0.4) is 0 Å². The lowest BCUT2D eigenvalue weighted by Crippen LogP contribution is -2.40. The second kappa shape index (κ2) is 8.00. The van der Waals surface area contributed by atoms with E-state index in [1.54, 1.807) is 9.62 Å². The maximum absolute atomic E-state index is 12.4. The standard InChI is InChI=1S/C15H20F2N2O4S/c16-14(17)8-18-24(22,23)13-5-3-12(4-6-13)15(21)19-7-1-2-11(9-19)10-20/h3-6,11,14,18,20H,1-2,7-10H2/t11-/m1/s1. The highest BCUT2D eigenvalue weighted by molar-refractivity contribution is 7.89. The molecule has 2 rings (SSSR count). The van der Waals surface area contributed by atoms with E-state index < -0.39 is 23.0 Å². The minimum absolute atomic E-state index is 0.0246. The molecule has 1 heterocycles. The van der Waals surface area contributed by atoms with E-state index in [1.807, 2.05) is 0 Å². The average molecular weight is 362 g/mol. The zero-order valence-corrected chi connectivity index (χ0v) is 13.8. The van der Waals surface area contributed by atoms with Gasteiger partial charge in [0.05, 0.1) is 11.4 Å². The van der Waals surface area contributed by atoms with Gasteiger partial charge in [-0.2, -0.15) is 0 Å². The Labute approximate surface area is 139 Å². The molecule has 1 aliphatic rings. The average Bonchev–Trinajstić information content (AvgIpc) is 2.59. The molecule has 1 amide bonds. The quantitative estimate of drug-likeness (QED) is 0.793. The van der Waals surface area contributed by atoms with Crippen LogP contribution in [-0.4, -0.2) is 57.0 Å². The number of carbonyl (C=O) groups is 1. The number of alkyl halides is 2. The summed E-state index contributed by atoms with van der Waals surface area (Å²) in [6.07, 6.45) is -1.10. The number of nitrogens with zero attached hydrogens (tertiary/aromatic N) is 1. The predicted molar refractivity (Wildman–Crippen MR) is 83.3 cm³/mol. The first kappa shape index (κ1) is 18.8. The van der Waals surface area contributed by atoms with E-state index in [4.69, 9.17) is 0 Å². The molecule has 0 bridgehead atoms. The number of halogens is 2. The van der Waals surface area contributed by atoms with Crippen LogP contribution in [0.4, 0.5) is 8.78 Å². The first-order valence-corrected chi connectivity index (χ1v) is 9.10. The number of likely N-dealkylation sites (tertiary alicyclic amines) is 1. The summed E-state index contributed by atoms with van der Waals surface area (Å²) >= 11 is 0. The largest absolute Gasteiger partial charge is 0.396 e. The topological polar surface area (TPSA) is 86.7 Å². The van der Waals surface area contributed by atoms with Crippen LogP contribution >= 0.6 is 0 Å². The van der Waals surface area contributed by atoms with Crippen molar-refractivity contribution in [3.05, 3.63) is 29.8 Å². The molecule has 6 nitrogen and oxygen atoms in total. The number of nitrogens with one attached hydrogen (secondary N) is 1. The van der Waals surface area contributed by atoms with Gasteiger partial charge in [0, 0.05) is 25.3 Å².